The van der Waals surface area contributed by atoms with Gasteiger partial charge < -0.3 is 9.47 Å². The number of hydrogen-bond acceptors (Lipinski definition) is 4. The second-order valence-electron chi connectivity index (χ2n) is 5.77. The molecule has 1 aliphatic carbocycles. The summed E-state index contributed by atoms with van der Waals surface area (Å²) in [6.45, 7) is 0.876. The largest absolute Gasteiger partial charge is 0.332 e. The molecule has 3 rings (SSSR count). The third-order valence-electron chi connectivity index (χ3n) is 4.59. The lowest BCUT2D eigenvalue weighted by Gasteiger charge is -2.26. The van der Waals surface area contributed by atoms with E-state index in [0.717, 1.165) is 43.2 Å². The lowest BCUT2D eigenvalue weighted by atomic mass is 10.1. The van der Waals surface area contributed by atoms with Gasteiger partial charge in [-0.1, -0.05) is 24.6 Å². The molecule has 20 heavy (non-hydrogen) atoms. The van der Waals surface area contributed by atoms with Crippen molar-refractivity contribution in [1.29, 1.82) is 0 Å². The third-order valence-corrected chi connectivity index (χ3v) is 5.31. The van der Waals surface area contributed by atoms with Gasteiger partial charge in [-0.3, -0.25) is 4.79 Å². The summed E-state index contributed by atoms with van der Waals surface area (Å²) in [4.78, 5) is 14.7. The van der Waals surface area contributed by atoms with Crippen LogP contribution in [-0.4, -0.2) is 38.4 Å². The van der Waals surface area contributed by atoms with Gasteiger partial charge in [0.2, 0.25) is 5.91 Å². The van der Waals surface area contributed by atoms with Gasteiger partial charge in [-0.15, -0.1) is 10.2 Å². The molecule has 1 saturated carbocycles. The molecule has 0 radical (unpaired) electrons. The molecule has 6 heteroatoms. The molecule has 110 valence electrons. The zero-order valence-electron chi connectivity index (χ0n) is 12.2. The highest BCUT2D eigenvalue weighted by molar-refractivity contribution is 7.98. The topological polar surface area (TPSA) is 51.0 Å². The van der Waals surface area contributed by atoms with Crippen molar-refractivity contribution in [3.63, 3.8) is 0 Å². The summed E-state index contributed by atoms with van der Waals surface area (Å²) in [6.07, 6.45) is 8.63. The zero-order valence-corrected chi connectivity index (χ0v) is 13.0. The molecule has 0 spiro atoms. The molecule has 2 heterocycles. The van der Waals surface area contributed by atoms with Crippen LogP contribution >= 0.6 is 11.8 Å². The molecule has 1 aliphatic heterocycles. The Morgan fingerprint density at radius 1 is 1.20 bits per heavy atom. The quantitative estimate of drug-likeness (QED) is 0.803. The predicted molar refractivity (Wildman–Crippen MR) is 78.4 cm³/mol. The highest BCUT2D eigenvalue weighted by Gasteiger charge is 2.37. The van der Waals surface area contributed by atoms with E-state index in [1.165, 1.54) is 12.8 Å². The van der Waals surface area contributed by atoms with Crippen LogP contribution in [0.15, 0.2) is 5.16 Å². The van der Waals surface area contributed by atoms with Crippen molar-refractivity contribution >= 4 is 17.7 Å². The van der Waals surface area contributed by atoms with Crippen molar-refractivity contribution < 1.29 is 4.79 Å². The molecule has 1 aromatic rings. The van der Waals surface area contributed by atoms with Crippen LogP contribution in [0.1, 0.15) is 50.4 Å². The summed E-state index contributed by atoms with van der Waals surface area (Å²) in [5.74, 6) is 1.54. The number of rotatable bonds is 3. The smallest absolute Gasteiger partial charge is 0.226 e. The van der Waals surface area contributed by atoms with Gasteiger partial charge in [0.1, 0.15) is 0 Å². The van der Waals surface area contributed by atoms with Crippen molar-refractivity contribution in [3.05, 3.63) is 5.82 Å². The SMILES string of the molecule is CSc1nnc([C@H]2CCCN2C(=O)C2CCCC2)n1C. The Kier molecular flexibility index (Phi) is 4.01. The second kappa shape index (κ2) is 5.76. The van der Waals surface area contributed by atoms with Crippen molar-refractivity contribution in [2.24, 2.45) is 13.0 Å². The first-order valence-electron chi connectivity index (χ1n) is 7.46. The minimum atomic E-state index is 0.126. The fourth-order valence-electron chi connectivity index (χ4n) is 3.50. The number of nitrogens with zero attached hydrogens (tertiary/aromatic N) is 4. The summed E-state index contributed by atoms with van der Waals surface area (Å²) in [5.41, 5.74) is 0. The van der Waals surface area contributed by atoms with Crippen LogP contribution in [0, 0.1) is 5.92 Å². The van der Waals surface area contributed by atoms with Gasteiger partial charge in [0.25, 0.3) is 0 Å². The monoisotopic (exact) mass is 294 g/mol. The standard InChI is InChI=1S/C14H22N4OS/c1-17-12(15-16-14(17)20-2)11-8-5-9-18(11)13(19)10-6-3-4-7-10/h10-11H,3-9H2,1-2H3/t11-/m1/s1. The summed E-state index contributed by atoms with van der Waals surface area (Å²) < 4.78 is 2.04. The molecule has 0 bridgehead atoms. The lowest BCUT2D eigenvalue weighted by molar-refractivity contribution is -0.136. The van der Waals surface area contributed by atoms with Crippen LogP contribution in [0.5, 0.6) is 0 Å². The van der Waals surface area contributed by atoms with Crippen molar-refractivity contribution in [1.82, 2.24) is 19.7 Å². The molecule has 1 aromatic heterocycles. The molecular formula is C14H22N4OS. The van der Waals surface area contributed by atoms with Crippen molar-refractivity contribution in [2.45, 2.75) is 49.7 Å². The third kappa shape index (κ3) is 2.34. The summed E-state index contributed by atoms with van der Waals surface area (Å²) in [6, 6.07) is 0.126. The Morgan fingerprint density at radius 2 is 1.95 bits per heavy atom. The number of carbonyl (C=O) groups is 1. The summed E-state index contributed by atoms with van der Waals surface area (Å²) in [7, 11) is 2.00. The van der Waals surface area contributed by atoms with Gasteiger partial charge >= 0.3 is 0 Å². The van der Waals surface area contributed by atoms with E-state index in [1.54, 1.807) is 11.8 Å². The van der Waals surface area contributed by atoms with E-state index in [4.69, 9.17) is 0 Å². The molecule has 2 fully saturated rings. The number of amides is 1. The van der Waals surface area contributed by atoms with E-state index < -0.39 is 0 Å². The van der Waals surface area contributed by atoms with Gasteiger partial charge in [0.05, 0.1) is 6.04 Å². The maximum Gasteiger partial charge on any atom is 0.226 e. The van der Waals surface area contributed by atoms with Crippen molar-refractivity contribution in [3.8, 4) is 0 Å². The van der Waals surface area contributed by atoms with Gasteiger partial charge in [0, 0.05) is 19.5 Å². The molecule has 1 atom stereocenters. The highest BCUT2D eigenvalue weighted by Crippen LogP contribution is 2.36. The van der Waals surface area contributed by atoms with E-state index in [0.29, 0.717) is 5.91 Å². The van der Waals surface area contributed by atoms with E-state index in [9.17, 15) is 4.79 Å². The van der Waals surface area contributed by atoms with Crippen LogP contribution in [0.3, 0.4) is 0 Å². The zero-order chi connectivity index (χ0) is 14.1. The molecule has 0 aromatic carbocycles. The Hall–Kier alpha value is -1.04. The summed E-state index contributed by atoms with van der Waals surface area (Å²) in [5, 5.41) is 9.45. The van der Waals surface area contributed by atoms with E-state index in [-0.39, 0.29) is 12.0 Å². The normalized spacial score (nSPS) is 23.7. The molecule has 1 saturated heterocycles. The van der Waals surface area contributed by atoms with E-state index >= 15 is 0 Å². The minimum absolute atomic E-state index is 0.126. The second-order valence-corrected chi connectivity index (χ2v) is 6.55. The first kappa shape index (κ1) is 13.9. The molecule has 1 amide bonds. The molecule has 5 nitrogen and oxygen atoms in total. The van der Waals surface area contributed by atoms with Gasteiger partial charge in [-0.2, -0.15) is 0 Å². The Bertz CT molecular complexity index is 495. The fraction of sp³-hybridized carbons (Fsp3) is 0.786. The average Bonchev–Trinajstić information content (AvgIpc) is 3.18. The van der Waals surface area contributed by atoms with E-state index in [1.807, 2.05) is 17.9 Å². The highest BCUT2D eigenvalue weighted by atomic mass is 32.2. The fourth-order valence-corrected chi connectivity index (χ4v) is 3.99. The maximum atomic E-state index is 12.7. The average molecular weight is 294 g/mol. The van der Waals surface area contributed by atoms with Crippen LogP contribution < -0.4 is 0 Å². The van der Waals surface area contributed by atoms with Gasteiger partial charge in [-0.25, -0.2) is 0 Å². The Morgan fingerprint density at radius 3 is 2.60 bits per heavy atom. The number of aromatic nitrogens is 3. The van der Waals surface area contributed by atoms with Crippen molar-refractivity contribution in [2.75, 3.05) is 12.8 Å². The molecule has 2 aliphatic rings. The number of carbonyl (C=O) groups excluding carboxylic acids is 1. The Balaban J connectivity index is 1.81. The molecule has 0 unspecified atom stereocenters. The summed E-state index contributed by atoms with van der Waals surface area (Å²) >= 11 is 1.60. The predicted octanol–water partition coefficient (Wildman–Crippen LogP) is 2.39. The maximum absolute atomic E-state index is 12.7. The van der Waals surface area contributed by atoms with Crippen LogP contribution in [0.4, 0.5) is 0 Å². The first-order chi connectivity index (χ1) is 9.72. The van der Waals surface area contributed by atoms with Gasteiger partial charge in [0.15, 0.2) is 11.0 Å². The van der Waals surface area contributed by atoms with E-state index in [2.05, 4.69) is 15.1 Å². The van der Waals surface area contributed by atoms with Crippen LogP contribution in [-0.2, 0) is 11.8 Å². The Labute approximate surface area is 124 Å². The number of likely N-dealkylation sites (tertiary alicyclic amines) is 1. The minimum Gasteiger partial charge on any atom is -0.332 e. The van der Waals surface area contributed by atoms with Gasteiger partial charge in [-0.05, 0) is 31.9 Å². The molecule has 0 N–H and O–H groups in total. The number of hydrogen-bond donors (Lipinski definition) is 0. The lowest BCUT2D eigenvalue weighted by Crippen LogP contribution is -2.35. The molecular weight excluding hydrogens is 272 g/mol. The van der Waals surface area contributed by atoms with Crippen LogP contribution in [0.2, 0.25) is 0 Å². The van der Waals surface area contributed by atoms with Crippen LogP contribution in [0.25, 0.3) is 0 Å². The number of thioether (sulfide) groups is 1. The first-order valence-corrected chi connectivity index (χ1v) is 8.68.